The zero-order valence-electron chi connectivity index (χ0n) is 5.74. The molecule has 0 rings (SSSR count). The molecule has 0 unspecified atom stereocenters. The third kappa shape index (κ3) is 5.67. The molecular weight excluding hydrogens is 88.1 g/mol. The van der Waals surface area contributed by atoms with Gasteiger partial charge in [0.15, 0.2) is 0 Å². The lowest BCUT2D eigenvalue weighted by Gasteiger charge is -1.86. The van der Waals surface area contributed by atoms with Gasteiger partial charge in [-0.2, -0.15) is 0 Å². The Morgan fingerprint density at radius 2 is 2.57 bits per heavy atom. The van der Waals surface area contributed by atoms with Crippen molar-refractivity contribution >= 4 is 5.78 Å². The van der Waals surface area contributed by atoms with Crippen molar-refractivity contribution in [2.24, 2.45) is 0 Å². The fourth-order valence-corrected chi connectivity index (χ4v) is 0.374. The van der Waals surface area contributed by atoms with E-state index in [0.29, 0.717) is 6.42 Å². The molecule has 0 radical (unpaired) electrons. The van der Waals surface area contributed by atoms with Gasteiger partial charge in [0.25, 0.3) is 0 Å². The van der Waals surface area contributed by atoms with E-state index in [4.69, 9.17) is 1.37 Å². The number of hydrogen-bond acceptors (Lipinski definition) is 1. The van der Waals surface area contributed by atoms with Crippen molar-refractivity contribution < 1.29 is 6.17 Å². The minimum atomic E-state index is -0.0417. The van der Waals surface area contributed by atoms with Gasteiger partial charge in [0.2, 0.25) is 0 Å². The second-order valence-corrected chi connectivity index (χ2v) is 1.64. The molecule has 0 aliphatic carbocycles. The number of unbranched alkanes of at least 4 members (excludes halogenated alkanes) is 1. The Balaban J connectivity index is 2.99. The van der Waals surface area contributed by atoms with Gasteiger partial charge in [-0.25, -0.2) is 0 Å². The highest BCUT2D eigenvalue weighted by molar-refractivity contribution is 5.75. The van der Waals surface area contributed by atoms with Gasteiger partial charge < -0.3 is 4.79 Å². The monoisotopic (exact) mass is 101 g/mol. The average molecular weight is 101 g/mol. The van der Waals surface area contributed by atoms with E-state index in [-0.39, 0.29) is 12.7 Å². The van der Waals surface area contributed by atoms with Crippen LogP contribution in [0.4, 0.5) is 0 Å². The number of Topliss-reactive ketones (excluding diaryl/α,β-unsaturated/α-hetero) is 1. The van der Waals surface area contributed by atoms with Crippen molar-refractivity contribution in [3.8, 4) is 0 Å². The Morgan fingerprint density at radius 1 is 1.86 bits per heavy atom. The van der Waals surface area contributed by atoms with Crippen LogP contribution >= 0.6 is 0 Å². The third-order valence-electron chi connectivity index (χ3n) is 0.809. The molecule has 42 valence electrons. The van der Waals surface area contributed by atoms with E-state index in [1.165, 1.54) is 0 Å². The summed E-state index contributed by atoms with van der Waals surface area (Å²) in [5.74, 6) is 0.0619. The summed E-state index contributed by atoms with van der Waals surface area (Å²) in [5.41, 5.74) is 0. The first-order valence-electron chi connectivity index (χ1n) is 3.33. The van der Waals surface area contributed by atoms with Crippen LogP contribution in [0.2, 0.25) is 0 Å². The van der Waals surface area contributed by atoms with E-state index in [1.807, 2.05) is 6.92 Å². The normalized spacial score (nSPS) is 10.7. The van der Waals surface area contributed by atoms with Gasteiger partial charge in [0, 0.05) is 7.79 Å². The molecule has 0 aromatic heterocycles. The lowest BCUT2D eigenvalue weighted by Crippen LogP contribution is -1.86. The molecule has 0 saturated carbocycles. The summed E-state index contributed by atoms with van der Waals surface area (Å²) >= 11 is 0. The smallest absolute Gasteiger partial charge is 0.129 e. The number of ketones is 1. The van der Waals surface area contributed by atoms with Crippen LogP contribution in [-0.2, 0) is 4.79 Å². The van der Waals surface area contributed by atoms with Crippen molar-refractivity contribution in [3.63, 3.8) is 0 Å². The van der Waals surface area contributed by atoms with Crippen molar-refractivity contribution in [3.05, 3.63) is 0 Å². The zero-order chi connectivity index (χ0) is 6.41. The Labute approximate surface area is 46.1 Å². The van der Waals surface area contributed by atoms with E-state index < -0.39 is 0 Å². The van der Waals surface area contributed by atoms with Crippen molar-refractivity contribution in [2.45, 2.75) is 33.1 Å². The quantitative estimate of drug-likeness (QED) is 0.529. The van der Waals surface area contributed by atoms with Gasteiger partial charge in [-0.15, -0.1) is 0 Å². The van der Waals surface area contributed by atoms with Crippen LogP contribution in [0.3, 0.4) is 0 Å². The van der Waals surface area contributed by atoms with Crippen LogP contribution in [0.1, 0.15) is 34.5 Å². The summed E-state index contributed by atoms with van der Waals surface area (Å²) in [7, 11) is 0. The molecule has 0 heterocycles. The largest absolute Gasteiger partial charge is 0.300 e. The third-order valence-corrected chi connectivity index (χ3v) is 0.809. The molecule has 0 atom stereocenters. The van der Waals surface area contributed by atoms with E-state index in [1.54, 1.807) is 0 Å². The lowest BCUT2D eigenvalue weighted by molar-refractivity contribution is -0.117. The van der Waals surface area contributed by atoms with Crippen molar-refractivity contribution in [1.29, 1.82) is 0 Å². The minimum Gasteiger partial charge on any atom is -0.300 e. The molecular formula is C6H12O. The fourth-order valence-electron chi connectivity index (χ4n) is 0.374. The molecule has 0 aromatic rings. The highest BCUT2D eigenvalue weighted by atomic mass is 16.1. The van der Waals surface area contributed by atoms with Crippen LogP contribution in [0.15, 0.2) is 0 Å². The van der Waals surface area contributed by atoms with Crippen LogP contribution in [0.25, 0.3) is 0 Å². The topological polar surface area (TPSA) is 17.1 Å². The van der Waals surface area contributed by atoms with Gasteiger partial charge in [-0.05, 0) is 13.3 Å². The summed E-state index contributed by atoms with van der Waals surface area (Å²) < 4.78 is 6.64. The molecule has 0 aliphatic heterocycles. The van der Waals surface area contributed by atoms with Crippen LogP contribution in [0.5, 0.6) is 0 Å². The standard InChI is InChI=1S/C6H12O/c1-3-4-5-6(2)7/h3-5H2,1-2H3/i2D. The molecule has 7 heavy (non-hydrogen) atoms. The van der Waals surface area contributed by atoms with E-state index in [2.05, 4.69) is 0 Å². The molecule has 0 bridgehead atoms. The number of rotatable bonds is 3. The van der Waals surface area contributed by atoms with E-state index >= 15 is 0 Å². The van der Waals surface area contributed by atoms with E-state index in [0.717, 1.165) is 12.8 Å². The minimum absolute atomic E-state index is 0.0417. The predicted molar refractivity (Wildman–Crippen MR) is 30.2 cm³/mol. The first-order valence-corrected chi connectivity index (χ1v) is 2.62. The fraction of sp³-hybridized carbons (Fsp3) is 0.833. The summed E-state index contributed by atoms with van der Waals surface area (Å²) in [6.45, 7) is 2.00. The first-order chi connectivity index (χ1) is 3.81. The predicted octanol–water partition coefficient (Wildman–Crippen LogP) is 1.77. The van der Waals surface area contributed by atoms with Crippen LogP contribution in [0, 0.1) is 0 Å². The maximum Gasteiger partial charge on any atom is 0.129 e. The molecule has 1 heteroatoms. The summed E-state index contributed by atoms with van der Waals surface area (Å²) in [6.07, 6.45) is 2.59. The molecule has 1 nitrogen and oxygen atoms in total. The summed E-state index contributed by atoms with van der Waals surface area (Å²) in [4.78, 5) is 10.4. The molecule has 0 N–H and O–H groups in total. The maximum absolute atomic E-state index is 10.4. The highest BCUT2D eigenvalue weighted by Crippen LogP contribution is 1.92. The molecule has 0 saturated heterocycles. The summed E-state index contributed by atoms with van der Waals surface area (Å²) in [5, 5.41) is 0. The zero-order valence-corrected chi connectivity index (χ0v) is 4.74. The molecule has 0 amide bonds. The van der Waals surface area contributed by atoms with Crippen LogP contribution in [-0.4, -0.2) is 5.78 Å². The number of hydrogen-bond donors (Lipinski definition) is 0. The Kier molecular flexibility index (Phi) is 2.65. The molecule has 0 fully saturated rings. The van der Waals surface area contributed by atoms with Crippen molar-refractivity contribution in [2.75, 3.05) is 0 Å². The van der Waals surface area contributed by atoms with Crippen LogP contribution < -0.4 is 0 Å². The summed E-state index contributed by atoms with van der Waals surface area (Å²) in [6, 6.07) is 0. The lowest BCUT2D eigenvalue weighted by atomic mass is 10.2. The second-order valence-electron chi connectivity index (χ2n) is 1.64. The molecule has 0 spiro atoms. The van der Waals surface area contributed by atoms with Gasteiger partial charge in [0.1, 0.15) is 5.78 Å². The van der Waals surface area contributed by atoms with Gasteiger partial charge >= 0.3 is 0 Å². The van der Waals surface area contributed by atoms with E-state index in [9.17, 15) is 4.79 Å². The first kappa shape index (κ1) is 4.82. The Hall–Kier alpha value is -0.330. The number of carbonyl (C=O) groups is 1. The van der Waals surface area contributed by atoms with Gasteiger partial charge in [-0.3, -0.25) is 0 Å². The number of carbonyl (C=O) groups excluding carboxylic acids is 1. The molecule has 0 aromatic carbocycles. The Bertz CT molecular complexity index is 70.9. The second kappa shape index (κ2) is 3.85. The maximum atomic E-state index is 10.4. The van der Waals surface area contributed by atoms with Crippen molar-refractivity contribution in [1.82, 2.24) is 0 Å². The van der Waals surface area contributed by atoms with Gasteiger partial charge in [-0.1, -0.05) is 13.3 Å². The SMILES string of the molecule is [2H]CC(=O)CCCC. The van der Waals surface area contributed by atoms with Gasteiger partial charge in [0.05, 0.1) is 0 Å². The highest BCUT2D eigenvalue weighted by Gasteiger charge is 1.87. The molecule has 0 aliphatic rings. The Morgan fingerprint density at radius 3 is 3.00 bits per heavy atom. The average Bonchev–Trinajstić information content (AvgIpc) is 1.83.